The largest absolute Gasteiger partial charge is 0.324 e. The van der Waals surface area contributed by atoms with Crippen LogP contribution < -0.4 is 5.32 Å². The fraction of sp³-hybridized carbons (Fsp3) is 0.350. The number of carbonyl (C=O) groups is 1. The van der Waals surface area contributed by atoms with Gasteiger partial charge in [-0.1, -0.05) is 53.5 Å². The number of halogens is 2. The molecule has 2 aromatic rings. The summed E-state index contributed by atoms with van der Waals surface area (Å²) in [7, 11) is 0. The molecule has 0 saturated carbocycles. The summed E-state index contributed by atoms with van der Waals surface area (Å²) >= 11 is 12.4. The van der Waals surface area contributed by atoms with Crippen molar-refractivity contribution in [2.45, 2.75) is 13.0 Å². The molecule has 1 aliphatic heterocycles. The summed E-state index contributed by atoms with van der Waals surface area (Å²) in [6, 6.07) is 15.5. The van der Waals surface area contributed by atoms with Crippen LogP contribution in [0, 0.1) is 0 Å². The van der Waals surface area contributed by atoms with E-state index in [9.17, 15) is 4.79 Å². The molecular weight excluding hydrogens is 369 g/mol. The Hall–Kier alpha value is -1.59. The Balaban J connectivity index is 1.50. The first-order valence-electron chi connectivity index (χ1n) is 8.80. The number of carbonyl (C=O) groups excluding carboxylic acids is 1. The molecule has 3 rings (SSSR count). The SMILES string of the molecule is C[C@@H](c1ccccc1Cl)N1CCN(CC(=O)Nc2ccccc2Cl)CC1. The predicted octanol–water partition coefficient (Wildman–Crippen LogP) is 4.31. The minimum absolute atomic E-state index is 0.0364. The van der Waals surface area contributed by atoms with E-state index < -0.39 is 0 Å². The van der Waals surface area contributed by atoms with Crippen LogP contribution in [0.15, 0.2) is 48.5 Å². The molecule has 138 valence electrons. The van der Waals surface area contributed by atoms with Gasteiger partial charge in [-0.2, -0.15) is 0 Å². The van der Waals surface area contributed by atoms with E-state index in [0.29, 0.717) is 17.3 Å². The van der Waals surface area contributed by atoms with E-state index in [-0.39, 0.29) is 11.9 Å². The number of hydrogen-bond donors (Lipinski definition) is 1. The van der Waals surface area contributed by atoms with Crippen LogP contribution in [0.4, 0.5) is 5.69 Å². The second-order valence-corrected chi connectivity index (χ2v) is 7.35. The van der Waals surface area contributed by atoms with Gasteiger partial charge < -0.3 is 5.32 Å². The van der Waals surface area contributed by atoms with Gasteiger partial charge in [-0.15, -0.1) is 0 Å². The zero-order valence-electron chi connectivity index (χ0n) is 14.8. The summed E-state index contributed by atoms with van der Waals surface area (Å²) < 4.78 is 0. The topological polar surface area (TPSA) is 35.6 Å². The Morgan fingerprint density at radius 3 is 2.27 bits per heavy atom. The molecule has 1 aliphatic rings. The van der Waals surface area contributed by atoms with E-state index in [1.165, 1.54) is 0 Å². The smallest absolute Gasteiger partial charge is 0.238 e. The van der Waals surface area contributed by atoms with Gasteiger partial charge in [-0.05, 0) is 30.7 Å². The number of para-hydroxylation sites is 1. The van der Waals surface area contributed by atoms with E-state index in [2.05, 4.69) is 28.1 Å². The number of nitrogens with zero attached hydrogens (tertiary/aromatic N) is 2. The summed E-state index contributed by atoms with van der Waals surface area (Å²) in [5.41, 5.74) is 1.81. The third kappa shape index (κ3) is 4.77. The summed E-state index contributed by atoms with van der Waals surface area (Å²) in [6.07, 6.45) is 0. The van der Waals surface area contributed by atoms with Crippen LogP contribution in [-0.4, -0.2) is 48.4 Å². The highest BCUT2D eigenvalue weighted by Crippen LogP contribution is 2.27. The van der Waals surface area contributed by atoms with E-state index in [1.54, 1.807) is 6.07 Å². The van der Waals surface area contributed by atoms with Crippen molar-refractivity contribution in [3.8, 4) is 0 Å². The number of anilines is 1. The molecule has 0 radical (unpaired) electrons. The van der Waals surface area contributed by atoms with Gasteiger partial charge >= 0.3 is 0 Å². The molecule has 1 saturated heterocycles. The van der Waals surface area contributed by atoms with Crippen molar-refractivity contribution < 1.29 is 4.79 Å². The molecule has 0 aromatic heterocycles. The second kappa shape index (κ2) is 8.87. The van der Waals surface area contributed by atoms with Gasteiger partial charge in [-0.3, -0.25) is 14.6 Å². The molecule has 1 amide bonds. The average Bonchev–Trinajstić information content (AvgIpc) is 2.64. The van der Waals surface area contributed by atoms with Crippen LogP contribution in [0.3, 0.4) is 0 Å². The van der Waals surface area contributed by atoms with Gasteiger partial charge in [0.05, 0.1) is 17.3 Å². The first kappa shape index (κ1) is 19.2. The van der Waals surface area contributed by atoms with E-state index in [1.807, 2.05) is 36.4 Å². The standard InChI is InChI=1S/C20H23Cl2N3O/c1-15(16-6-2-3-7-17(16)21)25-12-10-24(11-13-25)14-20(26)23-19-9-5-4-8-18(19)22/h2-9,15H,10-14H2,1H3,(H,23,26)/t15-/m0/s1. The third-order valence-electron chi connectivity index (χ3n) is 4.83. The molecule has 4 nitrogen and oxygen atoms in total. The maximum Gasteiger partial charge on any atom is 0.238 e. The molecule has 26 heavy (non-hydrogen) atoms. The Morgan fingerprint density at radius 2 is 1.62 bits per heavy atom. The fourth-order valence-electron chi connectivity index (χ4n) is 3.27. The number of nitrogens with one attached hydrogen (secondary N) is 1. The van der Waals surface area contributed by atoms with Gasteiger partial charge in [0.25, 0.3) is 0 Å². The van der Waals surface area contributed by atoms with Gasteiger partial charge in [0, 0.05) is 37.2 Å². The minimum atomic E-state index is -0.0364. The lowest BCUT2D eigenvalue weighted by Crippen LogP contribution is -2.49. The highest BCUT2D eigenvalue weighted by atomic mass is 35.5. The first-order chi connectivity index (χ1) is 12.5. The lowest BCUT2D eigenvalue weighted by atomic mass is 10.1. The number of benzene rings is 2. The highest BCUT2D eigenvalue weighted by molar-refractivity contribution is 6.33. The number of rotatable bonds is 5. The van der Waals surface area contributed by atoms with Crippen molar-refractivity contribution in [1.82, 2.24) is 9.80 Å². The van der Waals surface area contributed by atoms with Crippen molar-refractivity contribution in [3.63, 3.8) is 0 Å². The quantitative estimate of drug-likeness (QED) is 0.824. The van der Waals surface area contributed by atoms with Crippen molar-refractivity contribution in [3.05, 3.63) is 64.1 Å². The van der Waals surface area contributed by atoms with Crippen LogP contribution in [-0.2, 0) is 4.79 Å². The van der Waals surface area contributed by atoms with E-state index in [0.717, 1.165) is 36.8 Å². The third-order valence-corrected chi connectivity index (χ3v) is 5.50. The molecule has 1 heterocycles. The lowest BCUT2D eigenvalue weighted by Gasteiger charge is -2.38. The van der Waals surface area contributed by atoms with E-state index >= 15 is 0 Å². The van der Waals surface area contributed by atoms with Gasteiger partial charge in [0.2, 0.25) is 5.91 Å². The lowest BCUT2D eigenvalue weighted by molar-refractivity contribution is -0.117. The van der Waals surface area contributed by atoms with Crippen LogP contribution in [0.25, 0.3) is 0 Å². The monoisotopic (exact) mass is 391 g/mol. The van der Waals surface area contributed by atoms with Crippen LogP contribution >= 0.6 is 23.2 Å². The molecule has 1 fully saturated rings. The number of hydrogen-bond acceptors (Lipinski definition) is 3. The molecule has 6 heteroatoms. The molecule has 0 unspecified atom stereocenters. The Morgan fingerprint density at radius 1 is 1.00 bits per heavy atom. The maximum atomic E-state index is 12.3. The first-order valence-corrected chi connectivity index (χ1v) is 9.55. The second-order valence-electron chi connectivity index (χ2n) is 6.54. The minimum Gasteiger partial charge on any atom is -0.324 e. The van der Waals surface area contributed by atoms with Gasteiger partial charge in [0.15, 0.2) is 0 Å². The van der Waals surface area contributed by atoms with Crippen LogP contribution in [0.5, 0.6) is 0 Å². The summed E-state index contributed by atoms with van der Waals surface area (Å²) in [5.74, 6) is -0.0364. The summed E-state index contributed by atoms with van der Waals surface area (Å²) in [6.45, 7) is 6.08. The van der Waals surface area contributed by atoms with Gasteiger partial charge in [0.1, 0.15) is 0 Å². The molecule has 0 spiro atoms. The van der Waals surface area contributed by atoms with Crippen molar-refractivity contribution >= 4 is 34.8 Å². The molecule has 1 atom stereocenters. The van der Waals surface area contributed by atoms with Crippen LogP contribution in [0.2, 0.25) is 10.0 Å². The molecule has 2 aromatic carbocycles. The molecule has 0 bridgehead atoms. The zero-order valence-corrected chi connectivity index (χ0v) is 16.3. The van der Waals surface area contributed by atoms with Crippen molar-refractivity contribution in [2.75, 3.05) is 38.0 Å². The van der Waals surface area contributed by atoms with E-state index in [4.69, 9.17) is 23.2 Å². The van der Waals surface area contributed by atoms with Crippen molar-refractivity contribution in [1.29, 1.82) is 0 Å². The maximum absolute atomic E-state index is 12.3. The predicted molar refractivity (Wildman–Crippen MR) is 108 cm³/mol. The summed E-state index contributed by atoms with van der Waals surface area (Å²) in [5, 5.41) is 4.24. The highest BCUT2D eigenvalue weighted by Gasteiger charge is 2.24. The zero-order chi connectivity index (χ0) is 18.5. The normalized spacial score (nSPS) is 17.0. The number of piperazine rings is 1. The van der Waals surface area contributed by atoms with Crippen molar-refractivity contribution in [2.24, 2.45) is 0 Å². The van der Waals surface area contributed by atoms with Crippen LogP contribution in [0.1, 0.15) is 18.5 Å². The average molecular weight is 392 g/mol. The Kier molecular flexibility index (Phi) is 6.54. The van der Waals surface area contributed by atoms with Gasteiger partial charge in [-0.25, -0.2) is 0 Å². The Labute approximate surface area is 164 Å². The summed E-state index contributed by atoms with van der Waals surface area (Å²) in [4.78, 5) is 16.8. The molecular formula is C20H23Cl2N3O. The Bertz CT molecular complexity index is 760. The molecule has 0 aliphatic carbocycles. The number of amides is 1. The fourth-order valence-corrected chi connectivity index (χ4v) is 3.75. The molecule has 1 N–H and O–H groups in total.